The Morgan fingerprint density at radius 2 is 1.94 bits per heavy atom. The molecular weight excluding hydrogens is 292 g/mol. The Morgan fingerprint density at radius 3 is 2.50 bits per heavy atom. The summed E-state index contributed by atoms with van der Waals surface area (Å²) in [5, 5.41) is 2.02. The van der Waals surface area contributed by atoms with Gasteiger partial charge in [-0.15, -0.1) is 11.8 Å². The fourth-order valence-electron chi connectivity index (χ4n) is 0.992. The molecule has 0 saturated heterocycles. The van der Waals surface area contributed by atoms with Gasteiger partial charge in [-0.3, -0.25) is 10.1 Å². The van der Waals surface area contributed by atoms with Gasteiger partial charge in [0, 0.05) is 21.5 Å². The largest absolute Gasteiger partial charge is 0.351 e. The molecule has 3 N–H and O–H groups in total. The second-order valence-corrected chi connectivity index (χ2v) is 5.05. The number of halogens is 1. The average Bonchev–Trinajstić information content (AvgIpc) is 2.20. The molecule has 6 heteroatoms. The number of hydrogen-bond acceptors (Lipinski definition) is 3. The SMILES string of the molecule is NC(=O)NC(=O)CCSc1ccc(Br)cc1. The van der Waals surface area contributed by atoms with Gasteiger partial charge in [-0.1, -0.05) is 15.9 Å². The summed E-state index contributed by atoms with van der Waals surface area (Å²) < 4.78 is 1.02. The van der Waals surface area contributed by atoms with Crippen LogP contribution >= 0.6 is 27.7 Å². The third kappa shape index (κ3) is 5.18. The molecular formula is C10H11BrN2O2S. The highest BCUT2D eigenvalue weighted by Gasteiger charge is 2.03. The van der Waals surface area contributed by atoms with Crippen LogP contribution in [0.15, 0.2) is 33.6 Å². The van der Waals surface area contributed by atoms with Crippen LogP contribution in [0.2, 0.25) is 0 Å². The Labute approximate surface area is 106 Å². The molecule has 0 aliphatic heterocycles. The van der Waals surface area contributed by atoms with Crippen molar-refractivity contribution in [3.05, 3.63) is 28.7 Å². The molecule has 16 heavy (non-hydrogen) atoms. The lowest BCUT2D eigenvalue weighted by atomic mass is 10.4. The van der Waals surface area contributed by atoms with Crippen molar-refractivity contribution in [1.29, 1.82) is 0 Å². The first kappa shape index (κ1) is 13.1. The van der Waals surface area contributed by atoms with Gasteiger partial charge in [0.25, 0.3) is 0 Å². The molecule has 1 rings (SSSR count). The zero-order valence-electron chi connectivity index (χ0n) is 8.40. The Morgan fingerprint density at radius 1 is 1.31 bits per heavy atom. The van der Waals surface area contributed by atoms with Gasteiger partial charge in [-0.05, 0) is 24.3 Å². The molecule has 0 spiro atoms. The topological polar surface area (TPSA) is 72.2 Å². The van der Waals surface area contributed by atoms with E-state index in [0.29, 0.717) is 5.75 Å². The number of imide groups is 1. The minimum absolute atomic E-state index is 0.268. The van der Waals surface area contributed by atoms with Crippen LogP contribution < -0.4 is 11.1 Å². The highest BCUT2D eigenvalue weighted by Crippen LogP contribution is 2.20. The molecule has 0 heterocycles. The van der Waals surface area contributed by atoms with Crippen molar-refractivity contribution in [3.8, 4) is 0 Å². The van der Waals surface area contributed by atoms with Gasteiger partial charge in [0.05, 0.1) is 0 Å². The fraction of sp³-hybridized carbons (Fsp3) is 0.200. The number of primary amides is 1. The maximum atomic E-state index is 11.1. The van der Waals surface area contributed by atoms with Crippen LogP contribution in [-0.4, -0.2) is 17.7 Å². The van der Waals surface area contributed by atoms with E-state index in [9.17, 15) is 9.59 Å². The quantitative estimate of drug-likeness (QED) is 0.837. The lowest BCUT2D eigenvalue weighted by Gasteiger charge is -2.01. The maximum Gasteiger partial charge on any atom is 0.318 e. The number of hydrogen-bond donors (Lipinski definition) is 2. The van der Waals surface area contributed by atoms with Crippen molar-refractivity contribution in [2.75, 3.05) is 5.75 Å². The minimum Gasteiger partial charge on any atom is -0.351 e. The van der Waals surface area contributed by atoms with Gasteiger partial charge in [-0.2, -0.15) is 0 Å². The number of thioether (sulfide) groups is 1. The predicted octanol–water partition coefficient (Wildman–Crippen LogP) is 2.13. The molecule has 0 saturated carbocycles. The lowest BCUT2D eigenvalue weighted by molar-refractivity contribution is -0.119. The molecule has 0 aliphatic rings. The Hall–Kier alpha value is -1.01. The Bertz CT molecular complexity index is 381. The van der Waals surface area contributed by atoms with E-state index in [1.165, 1.54) is 0 Å². The van der Waals surface area contributed by atoms with Crippen LogP contribution in [0.25, 0.3) is 0 Å². The summed E-state index contributed by atoms with van der Waals surface area (Å²) in [6, 6.07) is 6.98. The maximum absolute atomic E-state index is 11.1. The van der Waals surface area contributed by atoms with Crippen LogP contribution in [0.3, 0.4) is 0 Å². The molecule has 3 amide bonds. The van der Waals surface area contributed by atoms with E-state index < -0.39 is 6.03 Å². The number of benzene rings is 1. The molecule has 1 aromatic rings. The Kier molecular flexibility index (Phi) is 5.34. The summed E-state index contributed by atoms with van der Waals surface area (Å²) in [6.45, 7) is 0. The van der Waals surface area contributed by atoms with E-state index in [-0.39, 0.29) is 12.3 Å². The average molecular weight is 303 g/mol. The second kappa shape index (κ2) is 6.55. The lowest BCUT2D eigenvalue weighted by Crippen LogP contribution is -2.35. The summed E-state index contributed by atoms with van der Waals surface area (Å²) >= 11 is 4.89. The number of nitrogens with two attached hydrogens (primary N) is 1. The summed E-state index contributed by atoms with van der Waals surface area (Å²) in [6.07, 6.45) is 0.268. The molecule has 1 aromatic carbocycles. The highest BCUT2D eigenvalue weighted by atomic mass is 79.9. The molecule has 0 unspecified atom stereocenters. The zero-order valence-corrected chi connectivity index (χ0v) is 10.8. The molecule has 0 aromatic heterocycles. The van der Waals surface area contributed by atoms with Crippen LogP contribution in [-0.2, 0) is 4.79 Å². The van der Waals surface area contributed by atoms with E-state index in [0.717, 1.165) is 9.37 Å². The van der Waals surface area contributed by atoms with Crippen LogP contribution in [0, 0.1) is 0 Å². The first-order chi connectivity index (χ1) is 7.58. The van der Waals surface area contributed by atoms with Gasteiger partial charge in [0.2, 0.25) is 5.91 Å². The van der Waals surface area contributed by atoms with Crippen molar-refractivity contribution in [3.63, 3.8) is 0 Å². The first-order valence-electron chi connectivity index (χ1n) is 4.55. The number of rotatable bonds is 4. The van der Waals surface area contributed by atoms with E-state index in [1.54, 1.807) is 11.8 Å². The molecule has 0 aliphatic carbocycles. The number of amides is 3. The molecule has 4 nitrogen and oxygen atoms in total. The fourth-order valence-corrected chi connectivity index (χ4v) is 2.11. The number of carbonyl (C=O) groups is 2. The van der Waals surface area contributed by atoms with E-state index in [2.05, 4.69) is 15.9 Å². The van der Waals surface area contributed by atoms with Gasteiger partial charge in [0.1, 0.15) is 0 Å². The summed E-state index contributed by atoms with van der Waals surface area (Å²) in [7, 11) is 0. The minimum atomic E-state index is -0.807. The van der Waals surface area contributed by atoms with E-state index in [4.69, 9.17) is 5.73 Å². The van der Waals surface area contributed by atoms with Gasteiger partial charge in [0.15, 0.2) is 0 Å². The summed E-state index contributed by atoms with van der Waals surface area (Å²) in [5.41, 5.74) is 4.81. The highest BCUT2D eigenvalue weighted by molar-refractivity contribution is 9.10. The van der Waals surface area contributed by atoms with Crippen molar-refractivity contribution in [2.24, 2.45) is 5.73 Å². The van der Waals surface area contributed by atoms with Crippen molar-refractivity contribution < 1.29 is 9.59 Å². The second-order valence-electron chi connectivity index (χ2n) is 2.96. The summed E-state index contributed by atoms with van der Waals surface area (Å²) in [4.78, 5) is 22.5. The van der Waals surface area contributed by atoms with Crippen LogP contribution in [0.1, 0.15) is 6.42 Å². The third-order valence-corrected chi connectivity index (χ3v) is 3.22. The van der Waals surface area contributed by atoms with E-state index >= 15 is 0 Å². The van der Waals surface area contributed by atoms with Gasteiger partial charge >= 0.3 is 6.03 Å². The van der Waals surface area contributed by atoms with Gasteiger partial charge in [-0.25, -0.2) is 4.79 Å². The molecule has 86 valence electrons. The predicted molar refractivity (Wildman–Crippen MR) is 67.2 cm³/mol. The third-order valence-electron chi connectivity index (χ3n) is 1.67. The smallest absolute Gasteiger partial charge is 0.318 e. The zero-order chi connectivity index (χ0) is 12.0. The van der Waals surface area contributed by atoms with Crippen molar-refractivity contribution in [2.45, 2.75) is 11.3 Å². The van der Waals surface area contributed by atoms with Crippen molar-refractivity contribution >= 4 is 39.6 Å². The van der Waals surface area contributed by atoms with Gasteiger partial charge < -0.3 is 5.73 Å². The standard InChI is InChI=1S/C10H11BrN2O2S/c11-7-1-3-8(4-2-7)16-6-5-9(14)13-10(12)15/h1-4H,5-6H2,(H3,12,13,14,15). The first-order valence-corrected chi connectivity index (χ1v) is 6.33. The number of urea groups is 1. The molecule has 0 atom stereocenters. The van der Waals surface area contributed by atoms with Crippen LogP contribution in [0.5, 0.6) is 0 Å². The Balaban J connectivity index is 2.28. The van der Waals surface area contributed by atoms with Crippen molar-refractivity contribution in [1.82, 2.24) is 5.32 Å². The molecule has 0 radical (unpaired) electrons. The van der Waals surface area contributed by atoms with E-state index in [1.807, 2.05) is 29.6 Å². The molecule has 0 bridgehead atoms. The summed E-state index contributed by atoms with van der Waals surface area (Å²) in [5.74, 6) is 0.262. The monoisotopic (exact) mass is 302 g/mol. The number of nitrogens with one attached hydrogen (secondary N) is 1. The normalized spacial score (nSPS) is 9.81. The number of carbonyl (C=O) groups excluding carboxylic acids is 2. The van der Waals surface area contributed by atoms with Crippen LogP contribution in [0.4, 0.5) is 4.79 Å². The molecule has 0 fully saturated rings.